The van der Waals surface area contributed by atoms with Crippen molar-refractivity contribution < 1.29 is 19.4 Å². The lowest BCUT2D eigenvalue weighted by molar-refractivity contribution is -0.144. The van der Waals surface area contributed by atoms with Crippen LogP contribution in [0, 0.1) is 5.92 Å². The molecular formula is C11H19NO4. The maximum atomic E-state index is 11.3. The Bertz CT molecular complexity index is 250. The third-order valence-electron chi connectivity index (χ3n) is 2.54. The fourth-order valence-corrected chi connectivity index (χ4v) is 1.40. The van der Waals surface area contributed by atoms with Crippen LogP contribution in [-0.2, 0) is 14.3 Å². The highest BCUT2D eigenvalue weighted by Crippen LogP contribution is 2.32. The second-order valence-corrected chi connectivity index (χ2v) is 4.01. The molecule has 0 saturated heterocycles. The van der Waals surface area contributed by atoms with Gasteiger partial charge in [-0.3, -0.25) is 9.59 Å². The Balaban J connectivity index is 2.03. The lowest BCUT2D eigenvalue weighted by atomic mass is 10.2. The number of nitrogens with one attached hydrogen (secondary N) is 1. The van der Waals surface area contributed by atoms with Crippen LogP contribution in [0.15, 0.2) is 0 Å². The Kier molecular flexibility index (Phi) is 5.25. The highest BCUT2D eigenvalue weighted by molar-refractivity contribution is 5.81. The molecule has 1 unspecified atom stereocenters. The molecule has 5 heteroatoms. The SMILES string of the molecule is CCOC(=O)CCC(=O)NCC(O)C1CC1. The summed E-state index contributed by atoms with van der Waals surface area (Å²) in [6, 6.07) is 0. The van der Waals surface area contributed by atoms with E-state index in [1.54, 1.807) is 6.92 Å². The smallest absolute Gasteiger partial charge is 0.306 e. The zero-order valence-corrected chi connectivity index (χ0v) is 9.57. The van der Waals surface area contributed by atoms with Crippen molar-refractivity contribution in [1.29, 1.82) is 0 Å². The molecule has 0 heterocycles. The molecule has 1 fully saturated rings. The van der Waals surface area contributed by atoms with Gasteiger partial charge in [0, 0.05) is 13.0 Å². The van der Waals surface area contributed by atoms with Crippen LogP contribution < -0.4 is 5.32 Å². The molecule has 0 aromatic rings. The maximum absolute atomic E-state index is 11.3. The van der Waals surface area contributed by atoms with Crippen LogP contribution in [-0.4, -0.2) is 36.2 Å². The van der Waals surface area contributed by atoms with Gasteiger partial charge in [-0.05, 0) is 25.7 Å². The van der Waals surface area contributed by atoms with Crippen molar-refractivity contribution in [3.63, 3.8) is 0 Å². The first-order valence-corrected chi connectivity index (χ1v) is 5.74. The number of aliphatic hydroxyl groups excluding tert-OH is 1. The molecule has 1 aliphatic rings. The number of hydrogen-bond acceptors (Lipinski definition) is 4. The van der Waals surface area contributed by atoms with Gasteiger partial charge in [-0.1, -0.05) is 0 Å². The fourth-order valence-electron chi connectivity index (χ4n) is 1.40. The van der Waals surface area contributed by atoms with E-state index < -0.39 is 6.10 Å². The average Bonchev–Trinajstić information content (AvgIpc) is 3.07. The summed E-state index contributed by atoms with van der Waals surface area (Å²) in [6.45, 7) is 2.34. The van der Waals surface area contributed by atoms with Crippen molar-refractivity contribution in [2.24, 2.45) is 5.92 Å². The fraction of sp³-hybridized carbons (Fsp3) is 0.818. The number of hydrogen-bond donors (Lipinski definition) is 2. The van der Waals surface area contributed by atoms with Crippen molar-refractivity contribution in [1.82, 2.24) is 5.32 Å². The number of amides is 1. The van der Waals surface area contributed by atoms with Crippen molar-refractivity contribution >= 4 is 11.9 Å². The molecule has 0 bridgehead atoms. The van der Waals surface area contributed by atoms with Gasteiger partial charge in [0.25, 0.3) is 0 Å². The Hall–Kier alpha value is -1.10. The highest BCUT2D eigenvalue weighted by atomic mass is 16.5. The minimum atomic E-state index is -0.438. The largest absolute Gasteiger partial charge is 0.466 e. The summed E-state index contributed by atoms with van der Waals surface area (Å²) in [5.74, 6) is -0.224. The summed E-state index contributed by atoms with van der Waals surface area (Å²) in [4.78, 5) is 22.2. The van der Waals surface area contributed by atoms with E-state index in [1.165, 1.54) is 0 Å². The number of carbonyl (C=O) groups is 2. The van der Waals surface area contributed by atoms with Gasteiger partial charge >= 0.3 is 5.97 Å². The van der Waals surface area contributed by atoms with Gasteiger partial charge in [-0.25, -0.2) is 0 Å². The first kappa shape index (κ1) is 13.0. The molecule has 1 atom stereocenters. The summed E-state index contributed by atoms with van der Waals surface area (Å²) < 4.78 is 4.70. The van der Waals surface area contributed by atoms with E-state index >= 15 is 0 Å². The molecule has 0 spiro atoms. The Labute approximate surface area is 95.2 Å². The molecule has 5 nitrogen and oxygen atoms in total. The third-order valence-corrected chi connectivity index (χ3v) is 2.54. The van der Waals surface area contributed by atoms with Crippen LogP contribution in [0.2, 0.25) is 0 Å². The molecule has 16 heavy (non-hydrogen) atoms. The predicted molar refractivity (Wildman–Crippen MR) is 57.6 cm³/mol. The lowest BCUT2D eigenvalue weighted by Gasteiger charge is -2.10. The van der Waals surface area contributed by atoms with Crippen LogP contribution in [0.1, 0.15) is 32.6 Å². The summed E-state index contributed by atoms with van der Waals surface area (Å²) in [5.41, 5.74) is 0. The first-order chi connectivity index (χ1) is 7.63. The second kappa shape index (κ2) is 6.48. The van der Waals surface area contributed by atoms with Gasteiger partial charge in [0.15, 0.2) is 0 Å². The van der Waals surface area contributed by atoms with Crippen LogP contribution in [0.5, 0.6) is 0 Å². The number of aliphatic hydroxyl groups is 1. The molecule has 0 aliphatic heterocycles. The molecule has 0 radical (unpaired) electrons. The van der Waals surface area contributed by atoms with Crippen molar-refractivity contribution in [3.05, 3.63) is 0 Å². The Morgan fingerprint density at radius 1 is 1.44 bits per heavy atom. The summed E-state index contributed by atoms with van der Waals surface area (Å²) in [5, 5.41) is 12.1. The van der Waals surface area contributed by atoms with Gasteiger partial charge in [0.05, 0.1) is 19.1 Å². The number of ether oxygens (including phenoxy) is 1. The molecule has 1 aliphatic carbocycles. The minimum absolute atomic E-state index is 0.0964. The average molecular weight is 229 g/mol. The number of esters is 1. The van der Waals surface area contributed by atoms with Gasteiger partial charge in [-0.2, -0.15) is 0 Å². The maximum Gasteiger partial charge on any atom is 0.306 e. The van der Waals surface area contributed by atoms with Gasteiger partial charge in [0.2, 0.25) is 5.91 Å². The van der Waals surface area contributed by atoms with E-state index in [1.807, 2.05) is 0 Å². The first-order valence-electron chi connectivity index (χ1n) is 5.74. The van der Waals surface area contributed by atoms with Gasteiger partial charge in [-0.15, -0.1) is 0 Å². The standard InChI is InChI=1S/C11H19NO4/c1-2-16-11(15)6-5-10(14)12-7-9(13)8-3-4-8/h8-9,13H,2-7H2,1H3,(H,12,14). The van der Waals surface area contributed by atoms with Crippen molar-refractivity contribution in [2.75, 3.05) is 13.2 Å². The van der Waals surface area contributed by atoms with Gasteiger partial charge < -0.3 is 15.2 Å². The topological polar surface area (TPSA) is 75.6 Å². The van der Waals surface area contributed by atoms with Crippen LogP contribution in [0.25, 0.3) is 0 Å². The van der Waals surface area contributed by atoms with E-state index in [0.29, 0.717) is 12.5 Å². The molecule has 1 amide bonds. The van der Waals surface area contributed by atoms with E-state index in [9.17, 15) is 14.7 Å². The molecule has 2 N–H and O–H groups in total. The Morgan fingerprint density at radius 2 is 2.12 bits per heavy atom. The van der Waals surface area contributed by atoms with E-state index in [2.05, 4.69) is 5.32 Å². The molecule has 0 aromatic heterocycles. The molecular weight excluding hydrogens is 210 g/mol. The zero-order valence-electron chi connectivity index (χ0n) is 9.57. The highest BCUT2D eigenvalue weighted by Gasteiger charge is 2.29. The van der Waals surface area contributed by atoms with Crippen LogP contribution >= 0.6 is 0 Å². The number of carbonyl (C=O) groups excluding carboxylic acids is 2. The summed E-state index contributed by atoms with van der Waals surface area (Å²) >= 11 is 0. The van der Waals surface area contributed by atoms with Crippen molar-refractivity contribution in [2.45, 2.75) is 38.7 Å². The molecule has 1 saturated carbocycles. The second-order valence-electron chi connectivity index (χ2n) is 4.01. The zero-order chi connectivity index (χ0) is 12.0. The normalized spacial score (nSPS) is 16.6. The van der Waals surface area contributed by atoms with Gasteiger partial charge in [0.1, 0.15) is 0 Å². The Morgan fingerprint density at radius 3 is 2.69 bits per heavy atom. The minimum Gasteiger partial charge on any atom is -0.466 e. The molecule has 1 rings (SSSR count). The number of rotatable bonds is 7. The van der Waals surface area contributed by atoms with Crippen LogP contribution in [0.4, 0.5) is 0 Å². The van der Waals surface area contributed by atoms with E-state index in [-0.39, 0.29) is 31.3 Å². The van der Waals surface area contributed by atoms with E-state index in [0.717, 1.165) is 12.8 Å². The molecule has 0 aromatic carbocycles. The molecule has 92 valence electrons. The monoisotopic (exact) mass is 229 g/mol. The van der Waals surface area contributed by atoms with Crippen molar-refractivity contribution in [3.8, 4) is 0 Å². The quantitative estimate of drug-likeness (QED) is 0.612. The lowest BCUT2D eigenvalue weighted by Crippen LogP contribution is -2.33. The summed E-state index contributed by atoms with van der Waals surface area (Å²) in [7, 11) is 0. The summed E-state index contributed by atoms with van der Waals surface area (Å²) in [6.07, 6.45) is 1.86. The predicted octanol–water partition coefficient (Wildman–Crippen LogP) is 0.217. The third kappa shape index (κ3) is 5.11. The van der Waals surface area contributed by atoms with E-state index in [4.69, 9.17) is 4.74 Å². The van der Waals surface area contributed by atoms with Crippen LogP contribution in [0.3, 0.4) is 0 Å².